The number of pyridine rings is 1. The number of carbonyl (C=O) groups excluding carboxylic acids is 2. The van der Waals surface area contributed by atoms with E-state index in [9.17, 15) is 14.7 Å². The lowest BCUT2D eigenvalue weighted by Gasteiger charge is -2.39. The Balaban J connectivity index is 1.61. The van der Waals surface area contributed by atoms with E-state index in [4.69, 9.17) is 5.73 Å². The second-order valence-electron chi connectivity index (χ2n) is 6.81. The maximum atomic E-state index is 12.0. The molecule has 2 saturated heterocycles. The van der Waals surface area contributed by atoms with Crippen molar-refractivity contribution in [2.75, 3.05) is 11.9 Å². The molecule has 0 saturated carbocycles. The number of primary amides is 1. The first-order chi connectivity index (χ1) is 12.1. The number of amides is 2. The highest BCUT2D eigenvalue weighted by molar-refractivity contribution is 6.06. The monoisotopic (exact) mass is 343 g/mol. The van der Waals surface area contributed by atoms with Crippen LogP contribution in [0, 0.1) is 0 Å². The van der Waals surface area contributed by atoms with Crippen LogP contribution in [0.2, 0.25) is 0 Å². The smallest absolute Gasteiger partial charge is 0.252 e. The van der Waals surface area contributed by atoms with Gasteiger partial charge in [0.25, 0.3) is 5.91 Å². The molecule has 2 aliphatic rings. The zero-order valence-electron chi connectivity index (χ0n) is 13.7. The van der Waals surface area contributed by atoms with Gasteiger partial charge in [0.2, 0.25) is 5.91 Å². The lowest BCUT2D eigenvalue weighted by molar-refractivity contribution is -0.138. The summed E-state index contributed by atoms with van der Waals surface area (Å²) in [6.07, 6.45) is 6.74. The SMILES string of the molecule is NC(=O)c1cnc2[nH]ccc2c1NC1C[C@@H]2CC[C@@H](C1)N2C(=O)CO. The van der Waals surface area contributed by atoms with E-state index in [0.29, 0.717) is 16.9 Å². The van der Waals surface area contributed by atoms with Crippen molar-refractivity contribution < 1.29 is 14.7 Å². The summed E-state index contributed by atoms with van der Waals surface area (Å²) >= 11 is 0. The summed E-state index contributed by atoms with van der Waals surface area (Å²) in [6.45, 7) is -0.439. The van der Waals surface area contributed by atoms with Gasteiger partial charge in [-0.05, 0) is 31.7 Å². The Morgan fingerprint density at radius 2 is 2.08 bits per heavy atom. The van der Waals surface area contributed by atoms with Gasteiger partial charge in [-0.25, -0.2) is 4.98 Å². The van der Waals surface area contributed by atoms with Crippen LogP contribution in [0.1, 0.15) is 36.0 Å². The number of rotatable bonds is 4. The fourth-order valence-corrected chi connectivity index (χ4v) is 4.34. The number of aromatic amines is 1. The summed E-state index contributed by atoms with van der Waals surface area (Å²) in [4.78, 5) is 32.9. The number of fused-ring (bicyclic) bond motifs is 3. The first kappa shape index (κ1) is 15.9. The normalized spacial score (nSPS) is 25.3. The van der Waals surface area contributed by atoms with Crippen LogP contribution in [0.15, 0.2) is 18.5 Å². The highest BCUT2D eigenvalue weighted by Gasteiger charge is 2.43. The standard InChI is InChI=1S/C17H21N5O3/c18-16(25)13-7-20-17-12(3-4-19-17)15(13)21-9-5-10-1-2-11(6-9)22(10)14(24)8-23/h3-4,7,9-11,23H,1-2,5-6,8H2,(H2,18,25)(H2,19,20,21)/t10-,11-/m0/s1. The van der Waals surface area contributed by atoms with Gasteiger partial charge in [-0.3, -0.25) is 9.59 Å². The van der Waals surface area contributed by atoms with Crippen molar-refractivity contribution in [1.29, 1.82) is 0 Å². The lowest BCUT2D eigenvalue weighted by Crippen LogP contribution is -2.50. The van der Waals surface area contributed by atoms with E-state index in [1.807, 2.05) is 11.0 Å². The van der Waals surface area contributed by atoms with E-state index in [0.717, 1.165) is 31.1 Å². The molecule has 2 aliphatic heterocycles. The van der Waals surface area contributed by atoms with Gasteiger partial charge < -0.3 is 26.0 Å². The lowest BCUT2D eigenvalue weighted by atomic mass is 9.96. The summed E-state index contributed by atoms with van der Waals surface area (Å²) in [5.74, 6) is -0.713. The molecule has 2 bridgehead atoms. The molecule has 0 unspecified atom stereocenters. The van der Waals surface area contributed by atoms with E-state index >= 15 is 0 Å². The van der Waals surface area contributed by atoms with Crippen LogP contribution in [0.4, 0.5) is 5.69 Å². The van der Waals surface area contributed by atoms with Crippen LogP contribution < -0.4 is 11.1 Å². The number of H-pyrrole nitrogens is 1. The van der Waals surface area contributed by atoms with Crippen molar-refractivity contribution in [2.24, 2.45) is 5.73 Å². The van der Waals surface area contributed by atoms with Crippen LogP contribution in [0.25, 0.3) is 11.0 Å². The number of hydrogen-bond acceptors (Lipinski definition) is 5. The van der Waals surface area contributed by atoms with Gasteiger partial charge in [-0.1, -0.05) is 0 Å². The van der Waals surface area contributed by atoms with Gasteiger partial charge in [0.1, 0.15) is 12.3 Å². The van der Waals surface area contributed by atoms with Crippen molar-refractivity contribution >= 4 is 28.5 Å². The zero-order chi connectivity index (χ0) is 17.6. The highest BCUT2D eigenvalue weighted by Crippen LogP contribution is 2.38. The second kappa shape index (κ2) is 6.03. The Morgan fingerprint density at radius 1 is 1.36 bits per heavy atom. The van der Waals surface area contributed by atoms with Gasteiger partial charge in [0.15, 0.2) is 0 Å². The Labute approximate surface area is 144 Å². The molecule has 2 fully saturated rings. The van der Waals surface area contributed by atoms with Crippen molar-refractivity contribution in [3.8, 4) is 0 Å². The molecule has 2 atom stereocenters. The number of piperidine rings is 1. The molecule has 4 rings (SSSR count). The molecular formula is C17H21N5O3. The Morgan fingerprint density at radius 3 is 2.72 bits per heavy atom. The molecule has 132 valence electrons. The van der Waals surface area contributed by atoms with Crippen LogP contribution in [-0.2, 0) is 4.79 Å². The third-order valence-electron chi connectivity index (χ3n) is 5.36. The second-order valence-corrected chi connectivity index (χ2v) is 6.81. The fourth-order valence-electron chi connectivity index (χ4n) is 4.34. The maximum absolute atomic E-state index is 12.0. The molecule has 8 nitrogen and oxygen atoms in total. The maximum Gasteiger partial charge on any atom is 0.252 e. The molecular weight excluding hydrogens is 322 g/mol. The molecule has 2 aromatic rings. The Hall–Kier alpha value is -2.61. The summed E-state index contributed by atoms with van der Waals surface area (Å²) < 4.78 is 0. The number of hydrogen-bond donors (Lipinski definition) is 4. The van der Waals surface area contributed by atoms with E-state index in [1.54, 1.807) is 6.20 Å². The largest absolute Gasteiger partial charge is 0.387 e. The summed E-state index contributed by atoms with van der Waals surface area (Å²) in [5, 5.41) is 13.5. The summed E-state index contributed by atoms with van der Waals surface area (Å²) in [7, 11) is 0. The van der Waals surface area contributed by atoms with Crippen molar-refractivity contribution in [1.82, 2.24) is 14.9 Å². The third kappa shape index (κ3) is 2.62. The molecule has 2 amide bonds. The van der Waals surface area contributed by atoms with Crippen LogP contribution in [-0.4, -0.2) is 56.5 Å². The molecule has 5 N–H and O–H groups in total. The number of anilines is 1. The van der Waals surface area contributed by atoms with Gasteiger partial charge in [0.05, 0.1) is 11.3 Å². The quantitative estimate of drug-likeness (QED) is 0.647. The molecule has 25 heavy (non-hydrogen) atoms. The molecule has 4 heterocycles. The Bertz CT molecular complexity index is 819. The van der Waals surface area contributed by atoms with Crippen LogP contribution in [0.5, 0.6) is 0 Å². The number of nitrogens with one attached hydrogen (secondary N) is 2. The zero-order valence-corrected chi connectivity index (χ0v) is 13.7. The van der Waals surface area contributed by atoms with Gasteiger partial charge in [-0.15, -0.1) is 0 Å². The molecule has 0 radical (unpaired) electrons. The predicted molar refractivity (Wildman–Crippen MR) is 92.0 cm³/mol. The van der Waals surface area contributed by atoms with Crippen molar-refractivity contribution in [2.45, 2.75) is 43.8 Å². The van der Waals surface area contributed by atoms with E-state index in [1.165, 1.54) is 6.20 Å². The first-order valence-electron chi connectivity index (χ1n) is 8.53. The highest BCUT2D eigenvalue weighted by atomic mass is 16.3. The van der Waals surface area contributed by atoms with Crippen LogP contribution in [0.3, 0.4) is 0 Å². The molecule has 2 aromatic heterocycles. The average Bonchev–Trinajstić information content (AvgIpc) is 3.17. The number of nitrogens with two attached hydrogens (primary N) is 1. The van der Waals surface area contributed by atoms with Gasteiger partial charge >= 0.3 is 0 Å². The minimum Gasteiger partial charge on any atom is -0.387 e. The van der Waals surface area contributed by atoms with Gasteiger partial charge in [-0.2, -0.15) is 0 Å². The summed E-state index contributed by atoms with van der Waals surface area (Å²) in [5.41, 5.74) is 7.28. The molecule has 0 aromatic carbocycles. The molecule has 8 heteroatoms. The van der Waals surface area contributed by atoms with Crippen LogP contribution >= 0.6 is 0 Å². The number of carbonyl (C=O) groups is 2. The minimum absolute atomic E-state index is 0.136. The Kier molecular flexibility index (Phi) is 3.84. The van der Waals surface area contributed by atoms with Crippen molar-refractivity contribution in [3.05, 3.63) is 24.0 Å². The number of aliphatic hydroxyl groups is 1. The van der Waals surface area contributed by atoms with E-state index in [-0.39, 0.29) is 24.0 Å². The topological polar surface area (TPSA) is 124 Å². The molecule has 0 aliphatic carbocycles. The van der Waals surface area contributed by atoms with Gasteiger partial charge in [0, 0.05) is 35.9 Å². The number of aliphatic hydroxyl groups excluding tert-OH is 1. The average molecular weight is 343 g/mol. The van der Waals surface area contributed by atoms with E-state index in [2.05, 4.69) is 15.3 Å². The van der Waals surface area contributed by atoms with E-state index < -0.39 is 12.5 Å². The fraction of sp³-hybridized carbons (Fsp3) is 0.471. The third-order valence-corrected chi connectivity index (χ3v) is 5.36. The summed E-state index contributed by atoms with van der Waals surface area (Å²) in [6, 6.07) is 2.28. The van der Waals surface area contributed by atoms with Crippen molar-refractivity contribution in [3.63, 3.8) is 0 Å². The number of nitrogens with zero attached hydrogens (tertiary/aromatic N) is 2. The predicted octanol–water partition coefficient (Wildman–Crippen LogP) is 0.588. The molecule has 0 spiro atoms. The number of aromatic nitrogens is 2. The first-order valence-corrected chi connectivity index (χ1v) is 8.53. The minimum atomic E-state index is -0.519.